The highest BCUT2D eigenvalue weighted by Crippen LogP contribution is 2.28. The van der Waals surface area contributed by atoms with Gasteiger partial charge in [-0.25, -0.2) is 17.2 Å². The fourth-order valence-electron chi connectivity index (χ4n) is 1.71. The number of halogens is 2. The molecule has 0 aliphatic rings. The minimum Gasteiger partial charge on any atom is -0.399 e. The zero-order chi connectivity index (χ0) is 15.6. The summed E-state index contributed by atoms with van der Waals surface area (Å²) < 4.78 is 53.7. The summed E-state index contributed by atoms with van der Waals surface area (Å²) in [7, 11) is -4.28. The fourth-order valence-corrected chi connectivity index (χ4v) is 3.53. The molecule has 0 spiro atoms. The van der Waals surface area contributed by atoms with Gasteiger partial charge in [-0.2, -0.15) is 0 Å². The van der Waals surface area contributed by atoms with Crippen LogP contribution in [0.3, 0.4) is 0 Å². The van der Waals surface area contributed by atoms with E-state index in [1.165, 1.54) is 17.8 Å². The molecule has 0 aliphatic heterocycles. The Balaban J connectivity index is 2.49. The predicted molar refractivity (Wildman–Crippen MR) is 79.8 cm³/mol. The molecule has 0 saturated heterocycles. The van der Waals surface area contributed by atoms with Crippen molar-refractivity contribution in [1.29, 1.82) is 0 Å². The van der Waals surface area contributed by atoms with E-state index < -0.39 is 26.6 Å². The van der Waals surface area contributed by atoms with Crippen LogP contribution in [0.4, 0.5) is 20.2 Å². The van der Waals surface area contributed by atoms with E-state index in [9.17, 15) is 17.2 Å². The number of benzene rings is 2. The van der Waals surface area contributed by atoms with Gasteiger partial charge in [-0.3, -0.25) is 4.72 Å². The van der Waals surface area contributed by atoms with Crippen molar-refractivity contribution in [1.82, 2.24) is 0 Å². The number of hydrogen-bond donors (Lipinski definition) is 2. The molecule has 21 heavy (non-hydrogen) atoms. The standard InChI is InChI=1S/C13H12F2N2O2S2/c1-20-11-5-3-2-4-10(11)17-21(18,19)12-7-8(16)6-9(14)13(12)15/h2-7,17H,16H2,1H3. The van der Waals surface area contributed by atoms with Crippen molar-refractivity contribution in [3.8, 4) is 0 Å². The van der Waals surface area contributed by atoms with Gasteiger partial charge in [-0.1, -0.05) is 12.1 Å². The van der Waals surface area contributed by atoms with E-state index in [4.69, 9.17) is 5.73 Å². The molecule has 0 heterocycles. The van der Waals surface area contributed by atoms with Crippen LogP contribution in [0.15, 0.2) is 46.2 Å². The van der Waals surface area contributed by atoms with E-state index in [2.05, 4.69) is 4.72 Å². The average Bonchev–Trinajstić information content (AvgIpc) is 2.43. The smallest absolute Gasteiger partial charge is 0.265 e. The number of nitrogen functional groups attached to an aromatic ring is 1. The highest BCUT2D eigenvalue weighted by molar-refractivity contribution is 7.99. The molecule has 2 aromatic rings. The number of para-hydroxylation sites is 1. The number of rotatable bonds is 4. The number of nitrogens with two attached hydrogens (primary N) is 1. The monoisotopic (exact) mass is 330 g/mol. The molecule has 0 aliphatic carbocycles. The van der Waals surface area contributed by atoms with E-state index in [1.807, 2.05) is 0 Å². The summed E-state index contributed by atoms with van der Waals surface area (Å²) in [6, 6.07) is 8.22. The molecular weight excluding hydrogens is 318 g/mol. The van der Waals surface area contributed by atoms with E-state index in [-0.39, 0.29) is 11.4 Å². The van der Waals surface area contributed by atoms with Crippen LogP contribution in [-0.4, -0.2) is 14.7 Å². The summed E-state index contributed by atoms with van der Waals surface area (Å²) in [6.07, 6.45) is 1.77. The number of thioether (sulfide) groups is 1. The number of anilines is 2. The van der Waals surface area contributed by atoms with Crippen LogP contribution in [0.1, 0.15) is 0 Å². The zero-order valence-corrected chi connectivity index (χ0v) is 12.6. The highest BCUT2D eigenvalue weighted by atomic mass is 32.2. The third-order valence-electron chi connectivity index (χ3n) is 2.66. The summed E-state index contributed by atoms with van der Waals surface area (Å²) in [5, 5.41) is 0. The third kappa shape index (κ3) is 3.27. The second kappa shape index (κ2) is 5.90. The molecule has 0 amide bonds. The van der Waals surface area contributed by atoms with E-state index in [1.54, 1.807) is 24.5 Å². The lowest BCUT2D eigenvalue weighted by atomic mass is 10.3. The van der Waals surface area contributed by atoms with Crippen LogP contribution < -0.4 is 10.5 Å². The quantitative estimate of drug-likeness (QED) is 0.667. The molecule has 0 unspecified atom stereocenters. The first-order valence-corrected chi connectivity index (χ1v) is 8.46. The van der Waals surface area contributed by atoms with Gasteiger partial charge in [0.15, 0.2) is 11.6 Å². The molecule has 112 valence electrons. The van der Waals surface area contributed by atoms with Crippen molar-refractivity contribution in [3.05, 3.63) is 48.0 Å². The van der Waals surface area contributed by atoms with E-state index in [0.29, 0.717) is 4.90 Å². The van der Waals surface area contributed by atoms with E-state index >= 15 is 0 Å². The predicted octanol–water partition coefficient (Wildman–Crippen LogP) is 3.07. The first-order chi connectivity index (χ1) is 9.85. The Morgan fingerprint density at radius 2 is 1.86 bits per heavy atom. The Labute approximate surface area is 125 Å². The number of nitrogens with one attached hydrogen (secondary N) is 1. The topological polar surface area (TPSA) is 72.2 Å². The molecule has 0 radical (unpaired) electrons. The largest absolute Gasteiger partial charge is 0.399 e. The minimum atomic E-state index is -4.28. The first-order valence-electron chi connectivity index (χ1n) is 5.75. The average molecular weight is 330 g/mol. The van der Waals surface area contributed by atoms with Gasteiger partial charge in [-0.05, 0) is 30.5 Å². The Kier molecular flexibility index (Phi) is 4.38. The van der Waals surface area contributed by atoms with Gasteiger partial charge in [0, 0.05) is 10.6 Å². The lowest BCUT2D eigenvalue weighted by Gasteiger charge is -2.12. The molecule has 4 nitrogen and oxygen atoms in total. The lowest BCUT2D eigenvalue weighted by Crippen LogP contribution is -2.16. The Bertz CT molecular complexity index is 780. The van der Waals surface area contributed by atoms with Gasteiger partial charge in [-0.15, -0.1) is 11.8 Å². The first kappa shape index (κ1) is 15.6. The molecule has 3 N–H and O–H groups in total. The Hall–Kier alpha value is -1.80. The number of sulfonamides is 1. The minimum absolute atomic E-state index is 0.174. The maximum atomic E-state index is 13.7. The second-order valence-electron chi connectivity index (χ2n) is 4.12. The van der Waals surface area contributed by atoms with Gasteiger partial charge in [0.1, 0.15) is 4.90 Å². The molecular formula is C13H12F2N2O2S2. The van der Waals surface area contributed by atoms with Crippen molar-refractivity contribution in [2.45, 2.75) is 9.79 Å². The lowest BCUT2D eigenvalue weighted by molar-refractivity contribution is 0.486. The number of hydrogen-bond acceptors (Lipinski definition) is 4. The molecule has 0 saturated carbocycles. The molecule has 2 rings (SSSR count). The van der Waals surface area contributed by atoms with Crippen LogP contribution >= 0.6 is 11.8 Å². The normalized spacial score (nSPS) is 11.4. The summed E-state index contributed by atoms with van der Waals surface area (Å²) in [4.78, 5) is -0.165. The SMILES string of the molecule is CSc1ccccc1NS(=O)(=O)c1cc(N)cc(F)c1F. The third-order valence-corrected chi connectivity index (χ3v) is 4.82. The molecule has 8 heteroatoms. The molecule has 0 aromatic heterocycles. The van der Waals surface area contributed by atoms with Crippen LogP contribution in [0.5, 0.6) is 0 Å². The van der Waals surface area contributed by atoms with Crippen LogP contribution in [-0.2, 0) is 10.0 Å². The highest BCUT2D eigenvalue weighted by Gasteiger charge is 2.23. The van der Waals surface area contributed by atoms with Crippen molar-refractivity contribution in [2.75, 3.05) is 16.7 Å². The van der Waals surface area contributed by atoms with Crippen molar-refractivity contribution in [3.63, 3.8) is 0 Å². The second-order valence-corrected chi connectivity index (χ2v) is 6.62. The van der Waals surface area contributed by atoms with Crippen molar-refractivity contribution in [2.24, 2.45) is 0 Å². The Morgan fingerprint density at radius 3 is 2.52 bits per heavy atom. The summed E-state index contributed by atoms with van der Waals surface area (Å²) >= 11 is 1.32. The zero-order valence-electron chi connectivity index (χ0n) is 10.9. The maximum Gasteiger partial charge on any atom is 0.265 e. The van der Waals surface area contributed by atoms with Crippen LogP contribution in [0.2, 0.25) is 0 Å². The van der Waals surface area contributed by atoms with Gasteiger partial charge in [0.05, 0.1) is 5.69 Å². The van der Waals surface area contributed by atoms with Crippen molar-refractivity contribution >= 4 is 33.2 Å². The van der Waals surface area contributed by atoms with E-state index in [0.717, 1.165) is 12.1 Å². The summed E-state index contributed by atoms with van der Waals surface area (Å²) in [6.45, 7) is 0. The Morgan fingerprint density at radius 1 is 1.19 bits per heavy atom. The molecule has 0 fully saturated rings. The van der Waals surface area contributed by atoms with Gasteiger partial charge < -0.3 is 5.73 Å². The summed E-state index contributed by atoms with van der Waals surface area (Å²) in [5.74, 6) is -2.77. The van der Waals surface area contributed by atoms with Gasteiger partial charge in [0.2, 0.25) is 0 Å². The van der Waals surface area contributed by atoms with Gasteiger partial charge >= 0.3 is 0 Å². The molecule has 0 atom stereocenters. The van der Waals surface area contributed by atoms with Gasteiger partial charge in [0.25, 0.3) is 10.0 Å². The fraction of sp³-hybridized carbons (Fsp3) is 0.0769. The maximum absolute atomic E-state index is 13.7. The molecule has 2 aromatic carbocycles. The molecule has 0 bridgehead atoms. The van der Waals surface area contributed by atoms with Crippen LogP contribution in [0.25, 0.3) is 0 Å². The van der Waals surface area contributed by atoms with Crippen molar-refractivity contribution < 1.29 is 17.2 Å². The summed E-state index contributed by atoms with van der Waals surface area (Å²) in [5.41, 5.74) is 5.48. The van der Waals surface area contributed by atoms with Crippen LogP contribution in [0, 0.1) is 11.6 Å².